The van der Waals surface area contributed by atoms with Crippen LogP contribution in [0.5, 0.6) is 0 Å². The number of anilines is 1. The SMILES string of the molecule is Cc1cc(NCC2CCCNC2)n(C)n1. The maximum atomic E-state index is 4.31. The fraction of sp³-hybridized carbons (Fsp3) is 0.727. The number of hydrogen-bond acceptors (Lipinski definition) is 3. The van der Waals surface area contributed by atoms with E-state index >= 15 is 0 Å². The molecule has 0 amide bonds. The zero-order chi connectivity index (χ0) is 10.7. The summed E-state index contributed by atoms with van der Waals surface area (Å²) in [7, 11) is 1.98. The summed E-state index contributed by atoms with van der Waals surface area (Å²) in [6.45, 7) is 5.39. The Morgan fingerprint density at radius 3 is 3.13 bits per heavy atom. The standard InChI is InChI=1S/C11H20N4/c1-9-6-11(15(2)14-9)13-8-10-4-3-5-12-7-10/h6,10,12-13H,3-5,7-8H2,1-2H3. The summed E-state index contributed by atoms with van der Waals surface area (Å²) in [5.74, 6) is 1.88. The fourth-order valence-electron chi connectivity index (χ4n) is 2.12. The quantitative estimate of drug-likeness (QED) is 0.782. The second kappa shape index (κ2) is 4.66. The number of piperidine rings is 1. The van der Waals surface area contributed by atoms with Gasteiger partial charge < -0.3 is 10.6 Å². The van der Waals surface area contributed by atoms with Gasteiger partial charge >= 0.3 is 0 Å². The Labute approximate surface area is 91.1 Å². The largest absolute Gasteiger partial charge is 0.370 e. The lowest BCUT2D eigenvalue weighted by Gasteiger charge is -2.23. The zero-order valence-electron chi connectivity index (χ0n) is 9.58. The molecule has 84 valence electrons. The first kappa shape index (κ1) is 10.5. The van der Waals surface area contributed by atoms with Crippen LogP contribution in [0.2, 0.25) is 0 Å². The Balaban J connectivity index is 1.84. The second-order valence-corrected chi connectivity index (χ2v) is 4.39. The molecule has 0 aliphatic carbocycles. The van der Waals surface area contributed by atoms with E-state index in [0.29, 0.717) is 0 Å². The van der Waals surface area contributed by atoms with Crippen LogP contribution in [-0.2, 0) is 7.05 Å². The third kappa shape index (κ3) is 2.72. The lowest BCUT2D eigenvalue weighted by atomic mass is 10.00. The van der Waals surface area contributed by atoms with Crippen molar-refractivity contribution in [2.24, 2.45) is 13.0 Å². The van der Waals surface area contributed by atoms with E-state index in [1.165, 1.54) is 19.4 Å². The Kier molecular flexibility index (Phi) is 3.26. The van der Waals surface area contributed by atoms with Gasteiger partial charge in [0.1, 0.15) is 5.82 Å². The second-order valence-electron chi connectivity index (χ2n) is 4.39. The van der Waals surface area contributed by atoms with Gasteiger partial charge in [-0.15, -0.1) is 0 Å². The molecule has 1 aliphatic heterocycles. The highest BCUT2D eigenvalue weighted by Crippen LogP contribution is 2.13. The Hall–Kier alpha value is -1.03. The van der Waals surface area contributed by atoms with Gasteiger partial charge in [0, 0.05) is 19.7 Å². The molecule has 0 spiro atoms. The van der Waals surface area contributed by atoms with Crippen molar-refractivity contribution in [3.8, 4) is 0 Å². The molecule has 0 saturated carbocycles. The van der Waals surface area contributed by atoms with Gasteiger partial charge in [0.15, 0.2) is 0 Å². The molecule has 0 aromatic carbocycles. The van der Waals surface area contributed by atoms with Crippen molar-refractivity contribution in [1.82, 2.24) is 15.1 Å². The van der Waals surface area contributed by atoms with Gasteiger partial charge in [-0.05, 0) is 38.8 Å². The smallest absolute Gasteiger partial charge is 0.124 e. The van der Waals surface area contributed by atoms with E-state index < -0.39 is 0 Å². The third-order valence-corrected chi connectivity index (χ3v) is 2.97. The summed E-state index contributed by atoms with van der Waals surface area (Å²) in [5, 5.41) is 11.2. The summed E-state index contributed by atoms with van der Waals surface area (Å²) in [6.07, 6.45) is 2.63. The van der Waals surface area contributed by atoms with Crippen molar-refractivity contribution in [3.63, 3.8) is 0 Å². The van der Waals surface area contributed by atoms with Crippen LogP contribution in [0.3, 0.4) is 0 Å². The maximum Gasteiger partial charge on any atom is 0.124 e. The fourth-order valence-corrected chi connectivity index (χ4v) is 2.12. The lowest BCUT2D eigenvalue weighted by Crippen LogP contribution is -2.33. The van der Waals surface area contributed by atoms with E-state index in [2.05, 4.69) is 21.8 Å². The molecule has 1 atom stereocenters. The molecule has 4 heteroatoms. The summed E-state index contributed by atoms with van der Waals surface area (Å²) in [5.41, 5.74) is 1.07. The molecule has 4 nitrogen and oxygen atoms in total. The van der Waals surface area contributed by atoms with Crippen molar-refractivity contribution in [2.75, 3.05) is 25.0 Å². The summed E-state index contributed by atoms with van der Waals surface area (Å²) >= 11 is 0. The van der Waals surface area contributed by atoms with Gasteiger partial charge in [-0.2, -0.15) is 5.10 Å². The highest BCUT2D eigenvalue weighted by Gasteiger charge is 2.13. The number of aryl methyl sites for hydroxylation is 2. The van der Waals surface area contributed by atoms with E-state index in [9.17, 15) is 0 Å². The number of nitrogens with one attached hydrogen (secondary N) is 2. The molecule has 2 N–H and O–H groups in total. The number of aromatic nitrogens is 2. The minimum Gasteiger partial charge on any atom is -0.370 e. The minimum absolute atomic E-state index is 0.758. The van der Waals surface area contributed by atoms with Crippen LogP contribution in [0.4, 0.5) is 5.82 Å². The highest BCUT2D eigenvalue weighted by atomic mass is 15.3. The van der Waals surface area contributed by atoms with Crippen LogP contribution in [0.25, 0.3) is 0 Å². The normalized spacial score (nSPS) is 21.6. The van der Waals surface area contributed by atoms with Gasteiger partial charge in [0.25, 0.3) is 0 Å². The molecule has 0 radical (unpaired) electrons. The van der Waals surface area contributed by atoms with Crippen LogP contribution in [0.15, 0.2) is 6.07 Å². The van der Waals surface area contributed by atoms with Crippen molar-refractivity contribution in [3.05, 3.63) is 11.8 Å². The average Bonchev–Trinajstić information content (AvgIpc) is 2.56. The van der Waals surface area contributed by atoms with E-state index in [4.69, 9.17) is 0 Å². The molecule has 0 bridgehead atoms. The topological polar surface area (TPSA) is 41.9 Å². The first-order valence-corrected chi connectivity index (χ1v) is 5.71. The Morgan fingerprint density at radius 2 is 2.53 bits per heavy atom. The van der Waals surface area contributed by atoms with E-state index in [1.807, 2.05) is 18.7 Å². The van der Waals surface area contributed by atoms with Crippen LogP contribution < -0.4 is 10.6 Å². The van der Waals surface area contributed by atoms with Crippen molar-refractivity contribution >= 4 is 5.82 Å². The molecule has 1 aromatic rings. The summed E-state index contributed by atoms with van der Waals surface area (Å²) in [6, 6.07) is 2.09. The first-order chi connectivity index (χ1) is 7.25. The van der Waals surface area contributed by atoms with E-state index in [1.54, 1.807) is 0 Å². The Bertz CT molecular complexity index is 312. The van der Waals surface area contributed by atoms with Crippen LogP contribution in [0.1, 0.15) is 18.5 Å². The molecule has 2 rings (SSSR count). The maximum absolute atomic E-state index is 4.31. The predicted octanol–water partition coefficient (Wildman–Crippen LogP) is 1.14. The highest BCUT2D eigenvalue weighted by molar-refractivity contribution is 5.36. The number of nitrogens with zero attached hydrogens (tertiary/aromatic N) is 2. The average molecular weight is 208 g/mol. The predicted molar refractivity (Wildman–Crippen MR) is 62.0 cm³/mol. The molecule has 15 heavy (non-hydrogen) atoms. The van der Waals surface area contributed by atoms with Crippen LogP contribution in [0, 0.1) is 12.8 Å². The molecular formula is C11H20N4. The van der Waals surface area contributed by atoms with Gasteiger partial charge in [-0.1, -0.05) is 0 Å². The third-order valence-electron chi connectivity index (χ3n) is 2.97. The lowest BCUT2D eigenvalue weighted by molar-refractivity contribution is 0.392. The van der Waals surface area contributed by atoms with E-state index in [-0.39, 0.29) is 0 Å². The van der Waals surface area contributed by atoms with Gasteiger partial charge in [-0.3, -0.25) is 4.68 Å². The van der Waals surface area contributed by atoms with E-state index in [0.717, 1.165) is 30.5 Å². The van der Waals surface area contributed by atoms with Crippen molar-refractivity contribution in [1.29, 1.82) is 0 Å². The minimum atomic E-state index is 0.758. The van der Waals surface area contributed by atoms with Crippen molar-refractivity contribution in [2.45, 2.75) is 19.8 Å². The molecule has 2 heterocycles. The molecule has 1 aromatic heterocycles. The van der Waals surface area contributed by atoms with Crippen LogP contribution >= 0.6 is 0 Å². The molecule has 1 fully saturated rings. The van der Waals surface area contributed by atoms with Crippen LogP contribution in [-0.4, -0.2) is 29.4 Å². The number of hydrogen-bond donors (Lipinski definition) is 2. The molecular weight excluding hydrogens is 188 g/mol. The van der Waals surface area contributed by atoms with Gasteiger partial charge in [0.2, 0.25) is 0 Å². The monoisotopic (exact) mass is 208 g/mol. The summed E-state index contributed by atoms with van der Waals surface area (Å²) < 4.78 is 1.91. The molecule has 1 unspecified atom stereocenters. The zero-order valence-corrected chi connectivity index (χ0v) is 9.58. The summed E-state index contributed by atoms with van der Waals surface area (Å²) in [4.78, 5) is 0. The molecule has 1 saturated heterocycles. The van der Waals surface area contributed by atoms with Gasteiger partial charge in [0.05, 0.1) is 5.69 Å². The first-order valence-electron chi connectivity index (χ1n) is 5.71. The Morgan fingerprint density at radius 1 is 1.67 bits per heavy atom. The number of rotatable bonds is 3. The van der Waals surface area contributed by atoms with Gasteiger partial charge in [-0.25, -0.2) is 0 Å². The molecule has 1 aliphatic rings. The van der Waals surface area contributed by atoms with Crippen molar-refractivity contribution < 1.29 is 0 Å².